The van der Waals surface area contributed by atoms with E-state index >= 15 is 0 Å². The summed E-state index contributed by atoms with van der Waals surface area (Å²) in [5, 5.41) is 9.20. The van der Waals surface area contributed by atoms with Crippen LogP contribution < -0.4 is 5.32 Å². The normalized spacial score (nSPS) is 18.5. The maximum atomic E-state index is 13.4. The van der Waals surface area contributed by atoms with Crippen molar-refractivity contribution in [1.29, 1.82) is 0 Å². The van der Waals surface area contributed by atoms with Gasteiger partial charge in [-0.1, -0.05) is 41.6 Å². The maximum Gasteiger partial charge on any atom is 0.246 e. The monoisotopic (exact) mass is 437 g/mol. The minimum atomic E-state index is -0.966. The van der Waals surface area contributed by atoms with Crippen LogP contribution in [0.1, 0.15) is 37.3 Å². The molecule has 162 valence electrons. The number of amides is 2. The van der Waals surface area contributed by atoms with E-state index in [4.69, 9.17) is 4.52 Å². The average molecular weight is 438 g/mol. The van der Waals surface area contributed by atoms with E-state index in [1.807, 2.05) is 67.8 Å². The fourth-order valence-electron chi connectivity index (χ4n) is 4.23. The quantitative estimate of drug-likeness (QED) is 0.604. The highest BCUT2D eigenvalue weighted by molar-refractivity contribution is 7.10. The number of aromatic nitrogens is 1. The fraction of sp³-hybridized carbons (Fsp3) is 0.375. The van der Waals surface area contributed by atoms with E-state index in [0.29, 0.717) is 31.6 Å². The third-order valence-electron chi connectivity index (χ3n) is 5.63. The lowest BCUT2D eigenvalue weighted by atomic mass is 9.88. The topological polar surface area (TPSA) is 75.4 Å². The van der Waals surface area contributed by atoms with Crippen molar-refractivity contribution in [2.24, 2.45) is 0 Å². The van der Waals surface area contributed by atoms with Crippen LogP contribution in [0.3, 0.4) is 0 Å². The minimum absolute atomic E-state index is 0.0196. The largest absolute Gasteiger partial charge is 0.361 e. The first-order chi connectivity index (χ1) is 15.0. The van der Waals surface area contributed by atoms with E-state index in [-0.39, 0.29) is 17.9 Å². The predicted octanol–water partition coefficient (Wildman–Crippen LogP) is 4.07. The van der Waals surface area contributed by atoms with Gasteiger partial charge in [0.05, 0.1) is 6.42 Å². The van der Waals surface area contributed by atoms with Crippen molar-refractivity contribution < 1.29 is 14.1 Å². The van der Waals surface area contributed by atoms with E-state index < -0.39 is 5.54 Å². The first kappa shape index (κ1) is 21.3. The molecule has 1 unspecified atom stereocenters. The molecule has 1 N–H and O–H groups in total. The van der Waals surface area contributed by atoms with E-state index in [1.165, 1.54) is 0 Å². The van der Waals surface area contributed by atoms with Crippen LogP contribution in [-0.2, 0) is 22.4 Å². The van der Waals surface area contributed by atoms with Gasteiger partial charge in [0.15, 0.2) is 0 Å². The van der Waals surface area contributed by atoms with Gasteiger partial charge in [0.1, 0.15) is 17.0 Å². The molecule has 1 aliphatic heterocycles. The highest BCUT2D eigenvalue weighted by Gasteiger charge is 2.50. The van der Waals surface area contributed by atoms with Crippen LogP contribution >= 0.6 is 11.3 Å². The highest BCUT2D eigenvalue weighted by Crippen LogP contribution is 2.35. The van der Waals surface area contributed by atoms with Crippen molar-refractivity contribution in [2.45, 2.75) is 51.1 Å². The lowest BCUT2D eigenvalue weighted by molar-refractivity contribution is -0.145. The Morgan fingerprint density at radius 3 is 2.74 bits per heavy atom. The molecule has 1 atom stereocenters. The van der Waals surface area contributed by atoms with Gasteiger partial charge in [-0.15, -0.1) is 11.3 Å². The molecule has 6 nitrogen and oxygen atoms in total. The summed E-state index contributed by atoms with van der Waals surface area (Å²) in [6.45, 7) is 4.43. The molecular weight excluding hydrogens is 410 g/mol. The van der Waals surface area contributed by atoms with Crippen LogP contribution in [0.4, 0.5) is 0 Å². The van der Waals surface area contributed by atoms with Crippen LogP contribution in [0.2, 0.25) is 0 Å². The summed E-state index contributed by atoms with van der Waals surface area (Å²) in [5.74, 6) is 0.451. The molecule has 1 aromatic carbocycles. The molecule has 2 amide bonds. The van der Waals surface area contributed by atoms with Gasteiger partial charge in [-0.3, -0.25) is 9.59 Å². The van der Waals surface area contributed by atoms with Crippen molar-refractivity contribution in [3.63, 3.8) is 0 Å². The number of nitrogens with one attached hydrogen (secondary N) is 1. The van der Waals surface area contributed by atoms with Gasteiger partial charge in [0, 0.05) is 35.5 Å². The molecule has 4 rings (SSSR count). The number of likely N-dealkylation sites (tertiary alicyclic amines) is 1. The molecule has 1 aliphatic rings. The molecule has 0 spiro atoms. The van der Waals surface area contributed by atoms with Gasteiger partial charge >= 0.3 is 0 Å². The standard InChI is InChI=1S/C24H27N3O3S/c1-17(2)25-23(29)24(11-7-12-27(24)22(28)15-20-10-6-13-31-20)16-19-14-21(26-30-19)18-8-4-3-5-9-18/h3-6,8-10,13-14,17H,7,11-12,15-16H2,1-2H3,(H,25,29). The Balaban J connectivity index is 1.62. The van der Waals surface area contributed by atoms with Gasteiger partial charge in [-0.2, -0.15) is 0 Å². The molecule has 31 heavy (non-hydrogen) atoms. The minimum Gasteiger partial charge on any atom is -0.361 e. The Morgan fingerprint density at radius 1 is 1.23 bits per heavy atom. The lowest BCUT2D eigenvalue weighted by Crippen LogP contribution is -2.60. The number of benzene rings is 1. The Bertz CT molecular complexity index is 1030. The zero-order chi connectivity index (χ0) is 21.8. The summed E-state index contributed by atoms with van der Waals surface area (Å²) in [4.78, 5) is 29.4. The number of rotatable bonds is 7. The number of carbonyl (C=O) groups excluding carboxylic acids is 2. The van der Waals surface area contributed by atoms with Crippen molar-refractivity contribution in [2.75, 3.05) is 6.54 Å². The Morgan fingerprint density at radius 2 is 2.03 bits per heavy atom. The summed E-state index contributed by atoms with van der Waals surface area (Å²) in [5.41, 5.74) is 0.714. The number of nitrogens with zero attached hydrogens (tertiary/aromatic N) is 2. The van der Waals surface area contributed by atoms with Crippen molar-refractivity contribution >= 4 is 23.2 Å². The summed E-state index contributed by atoms with van der Waals surface area (Å²) in [6, 6.07) is 15.5. The average Bonchev–Trinajstić information content (AvgIpc) is 3.50. The van der Waals surface area contributed by atoms with E-state index in [1.54, 1.807) is 16.2 Å². The van der Waals surface area contributed by atoms with Gasteiger partial charge in [-0.25, -0.2) is 0 Å². The van der Waals surface area contributed by atoms with Crippen LogP contribution in [0.25, 0.3) is 11.3 Å². The second kappa shape index (κ2) is 9.06. The Hall–Kier alpha value is -2.93. The highest BCUT2D eigenvalue weighted by atomic mass is 32.1. The summed E-state index contributed by atoms with van der Waals surface area (Å²) in [7, 11) is 0. The Kier molecular flexibility index (Phi) is 6.23. The van der Waals surface area contributed by atoms with Gasteiger partial charge < -0.3 is 14.7 Å². The van der Waals surface area contributed by atoms with Gasteiger partial charge in [0.2, 0.25) is 11.8 Å². The first-order valence-corrected chi connectivity index (χ1v) is 11.5. The molecular formula is C24H27N3O3S. The van der Waals surface area contributed by atoms with E-state index in [9.17, 15) is 9.59 Å². The van der Waals surface area contributed by atoms with Crippen molar-refractivity contribution in [1.82, 2.24) is 15.4 Å². The van der Waals surface area contributed by atoms with Crippen LogP contribution in [0, 0.1) is 0 Å². The van der Waals surface area contributed by atoms with Crippen molar-refractivity contribution in [3.05, 3.63) is 64.5 Å². The molecule has 1 saturated heterocycles. The molecule has 1 fully saturated rings. The number of carbonyl (C=O) groups is 2. The second-order valence-corrected chi connectivity index (χ2v) is 9.32. The predicted molar refractivity (Wildman–Crippen MR) is 121 cm³/mol. The van der Waals surface area contributed by atoms with Crippen LogP contribution in [-0.4, -0.2) is 40.0 Å². The van der Waals surface area contributed by atoms with E-state index in [0.717, 1.165) is 22.6 Å². The SMILES string of the molecule is CC(C)NC(=O)C1(Cc2cc(-c3ccccc3)no2)CCCN1C(=O)Cc1cccs1. The molecule has 7 heteroatoms. The fourth-order valence-corrected chi connectivity index (χ4v) is 4.92. The molecule has 0 bridgehead atoms. The zero-order valence-corrected chi connectivity index (χ0v) is 18.7. The smallest absolute Gasteiger partial charge is 0.246 e. The number of hydrogen-bond acceptors (Lipinski definition) is 5. The van der Waals surface area contributed by atoms with Crippen LogP contribution in [0.5, 0.6) is 0 Å². The summed E-state index contributed by atoms with van der Waals surface area (Å²) < 4.78 is 5.63. The molecule has 2 aromatic heterocycles. The third kappa shape index (κ3) is 4.56. The zero-order valence-electron chi connectivity index (χ0n) is 17.8. The lowest BCUT2D eigenvalue weighted by Gasteiger charge is -2.37. The number of thiophene rings is 1. The molecule has 3 heterocycles. The maximum absolute atomic E-state index is 13.4. The van der Waals surface area contributed by atoms with E-state index in [2.05, 4.69) is 10.5 Å². The Labute approximate surface area is 186 Å². The number of hydrogen-bond donors (Lipinski definition) is 1. The molecule has 0 radical (unpaired) electrons. The van der Waals surface area contributed by atoms with Gasteiger partial charge in [-0.05, 0) is 38.1 Å². The molecule has 3 aromatic rings. The second-order valence-electron chi connectivity index (χ2n) is 8.29. The van der Waals surface area contributed by atoms with Crippen molar-refractivity contribution in [3.8, 4) is 11.3 Å². The molecule has 0 aliphatic carbocycles. The van der Waals surface area contributed by atoms with Crippen LogP contribution in [0.15, 0.2) is 58.4 Å². The summed E-state index contributed by atoms with van der Waals surface area (Å²) >= 11 is 1.56. The third-order valence-corrected chi connectivity index (χ3v) is 6.51. The van der Waals surface area contributed by atoms with Gasteiger partial charge in [0.25, 0.3) is 0 Å². The summed E-state index contributed by atoms with van der Waals surface area (Å²) in [6.07, 6.45) is 1.99. The molecule has 0 saturated carbocycles. The first-order valence-electron chi connectivity index (χ1n) is 10.6.